The predicted octanol–water partition coefficient (Wildman–Crippen LogP) is 3.02. The molecular formula is C18H26BrN3O. The summed E-state index contributed by atoms with van der Waals surface area (Å²) in [6.07, 6.45) is 3.64. The zero-order chi connectivity index (χ0) is 16.3. The van der Waals surface area contributed by atoms with Crippen molar-refractivity contribution in [1.82, 2.24) is 10.2 Å². The molecule has 1 aliphatic carbocycles. The summed E-state index contributed by atoms with van der Waals surface area (Å²) in [6, 6.07) is 8.70. The van der Waals surface area contributed by atoms with Crippen molar-refractivity contribution >= 4 is 21.9 Å². The topological polar surface area (TPSA) is 36.9 Å². The van der Waals surface area contributed by atoms with E-state index in [0.29, 0.717) is 5.92 Å². The second kappa shape index (κ2) is 7.22. The summed E-state index contributed by atoms with van der Waals surface area (Å²) in [4.78, 5) is 6.69. The van der Waals surface area contributed by atoms with Crippen molar-refractivity contribution in [2.75, 3.05) is 40.4 Å². The fourth-order valence-electron chi connectivity index (χ4n) is 3.37. The molecule has 1 aromatic carbocycles. The van der Waals surface area contributed by atoms with Gasteiger partial charge in [0.2, 0.25) is 0 Å². The minimum absolute atomic E-state index is 0.275. The number of ether oxygens (including phenoxy) is 1. The van der Waals surface area contributed by atoms with E-state index in [9.17, 15) is 0 Å². The van der Waals surface area contributed by atoms with Crippen LogP contribution in [0.3, 0.4) is 0 Å². The number of rotatable bonds is 5. The molecule has 1 atom stereocenters. The van der Waals surface area contributed by atoms with Gasteiger partial charge >= 0.3 is 0 Å². The lowest BCUT2D eigenvalue weighted by molar-refractivity contribution is 0.181. The van der Waals surface area contributed by atoms with Crippen molar-refractivity contribution in [3.63, 3.8) is 0 Å². The lowest BCUT2D eigenvalue weighted by atomic mass is 9.96. The Kier molecular flexibility index (Phi) is 5.27. The SMILES string of the molecule is CN=C(NCC1(c2cccc(Br)c2)CC1)N(C)CC1CCOC1. The van der Waals surface area contributed by atoms with Crippen LogP contribution in [0.5, 0.6) is 0 Å². The summed E-state index contributed by atoms with van der Waals surface area (Å²) in [5, 5.41) is 3.58. The van der Waals surface area contributed by atoms with Gasteiger partial charge in [0.05, 0.1) is 6.61 Å². The van der Waals surface area contributed by atoms with Crippen molar-refractivity contribution < 1.29 is 4.74 Å². The molecule has 0 spiro atoms. The van der Waals surface area contributed by atoms with E-state index < -0.39 is 0 Å². The van der Waals surface area contributed by atoms with Crippen LogP contribution in [-0.4, -0.2) is 51.3 Å². The average molecular weight is 380 g/mol. The number of halogens is 1. The Morgan fingerprint density at radius 3 is 2.91 bits per heavy atom. The van der Waals surface area contributed by atoms with E-state index in [-0.39, 0.29) is 5.41 Å². The van der Waals surface area contributed by atoms with Gasteiger partial charge in [-0.25, -0.2) is 0 Å². The van der Waals surface area contributed by atoms with E-state index in [1.807, 2.05) is 7.05 Å². The molecule has 1 aliphatic heterocycles. The largest absolute Gasteiger partial charge is 0.381 e. The van der Waals surface area contributed by atoms with Crippen LogP contribution in [0.4, 0.5) is 0 Å². The van der Waals surface area contributed by atoms with Crippen molar-refractivity contribution in [1.29, 1.82) is 0 Å². The average Bonchev–Trinajstić information content (AvgIpc) is 3.16. The third-order valence-corrected chi connectivity index (χ3v) is 5.50. The van der Waals surface area contributed by atoms with Crippen LogP contribution in [0, 0.1) is 5.92 Å². The molecule has 3 rings (SSSR count). The maximum atomic E-state index is 5.47. The molecule has 23 heavy (non-hydrogen) atoms. The summed E-state index contributed by atoms with van der Waals surface area (Å²) < 4.78 is 6.63. The van der Waals surface area contributed by atoms with Crippen LogP contribution < -0.4 is 5.32 Å². The molecule has 0 bridgehead atoms. The van der Waals surface area contributed by atoms with Gasteiger partial charge in [-0.05, 0) is 37.0 Å². The van der Waals surface area contributed by atoms with Crippen molar-refractivity contribution in [2.45, 2.75) is 24.7 Å². The Morgan fingerprint density at radius 1 is 1.48 bits per heavy atom. The number of nitrogens with one attached hydrogen (secondary N) is 1. The number of guanidine groups is 1. The van der Waals surface area contributed by atoms with E-state index >= 15 is 0 Å². The first-order valence-corrected chi connectivity index (χ1v) is 9.18. The van der Waals surface area contributed by atoms with E-state index in [1.54, 1.807) is 0 Å². The first-order valence-electron chi connectivity index (χ1n) is 8.38. The first-order chi connectivity index (χ1) is 11.1. The molecular weight excluding hydrogens is 354 g/mol. The highest BCUT2D eigenvalue weighted by molar-refractivity contribution is 9.10. The molecule has 1 unspecified atom stereocenters. The van der Waals surface area contributed by atoms with Crippen molar-refractivity contribution in [3.05, 3.63) is 34.3 Å². The molecule has 0 radical (unpaired) electrons. The summed E-state index contributed by atoms with van der Waals surface area (Å²) in [5.74, 6) is 1.61. The number of hydrogen-bond donors (Lipinski definition) is 1. The van der Waals surface area contributed by atoms with Gasteiger partial charge in [-0.2, -0.15) is 0 Å². The van der Waals surface area contributed by atoms with Gasteiger partial charge in [-0.1, -0.05) is 28.1 Å². The van der Waals surface area contributed by atoms with Crippen LogP contribution in [0.1, 0.15) is 24.8 Å². The van der Waals surface area contributed by atoms with E-state index in [4.69, 9.17) is 4.74 Å². The molecule has 4 nitrogen and oxygen atoms in total. The standard InChI is InChI=1S/C18H26BrN3O/c1-20-17(22(2)11-14-6-9-23-12-14)21-13-18(7-8-18)15-4-3-5-16(19)10-15/h3-5,10,14H,6-9,11-13H2,1-2H3,(H,20,21). The fourth-order valence-corrected chi connectivity index (χ4v) is 3.77. The van der Waals surface area contributed by atoms with Crippen LogP contribution in [0.25, 0.3) is 0 Å². The first kappa shape index (κ1) is 16.8. The lowest BCUT2D eigenvalue weighted by Crippen LogP contribution is -2.44. The zero-order valence-electron chi connectivity index (χ0n) is 14.0. The lowest BCUT2D eigenvalue weighted by Gasteiger charge is -2.26. The minimum Gasteiger partial charge on any atom is -0.381 e. The maximum Gasteiger partial charge on any atom is 0.193 e. The highest BCUT2D eigenvalue weighted by Gasteiger charge is 2.44. The van der Waals surface area contributed by atoms with E-state index in [0.717, 1.165) is 43.2 Å². The Hall–Kier alpha value is -1.07. The summed E-state index contributed by atoms with van der Waals surface area (Å²) in [5.41, 5.74) is 1.69. The quantitative estimate of drug-likeness (QED) is 0.630. The maximum absolute atomic E-state index is 5.47. The smallest absolute Gasteiger partial charge is 0.193 e. The monoisotopic (exact) mass is 379 g/mol. The highest BCUT2D eigenvalue weighted by atomic mass is 79.9. The van der Waals surface area contributed by atoms with Gasteiger partial charge < -0.3 is 15.0 Å². The van der Waals surface area contributed by atoms with Crippen LogP contribution in [0.15, 0.2) is 33.7 Å². The normalized spacial score (nSPS) is 22.9. The summed E-state index contributed by atoms with van der Waals surface area (Å²) in [7, 11) is 3.98. The summed E-state index contributed by atoms with van der Waals surface area (Å²) >= 11 is 3.58. The van der Waals surface area contributed by atoms with Crippen LogP contribution in [0.2, 0.25) is 0 Å². The van der Waals surface area contributed by atoms with Gasteiger partial charge in [-0.3, -0.25) is 4.99 Å². The van der Waals surface area contributed by atoms with Gasteiger partial charge in [0.1, 0.15) is 0 Å². The van der Waals surface area contributed by atoms with Gasteiger partial charge in [-0.15, -0.1) is 0 Å². The van der Waals surface area contributed by atoms with Crippen molar-refractivity contribution in [2.24, 2.45) is 10.9 Å². The second-order valence-corrected chi connectivity index (χ2v) is 7.72. The molecule has 1 saturated heterocycles. The van der Waals surface area contributed by atoms with Crippen LogP contribution >= 0.6 is 15.9 Å². The Morgan fingerprint density at radius 2 is 2.30 bits per heavy atom. The molecule has 1 aromatic rings. The fraction of sp³-hybridized carbons (Fsp3) is 0.611. The highest BCUT2D eigenvalue weighted by Crippen LogP contribution is 2.48. The molecule has 0 amide bonds. The van der Waals surface area contributed by atoms with Crippen molar-refractivity contribution in [3.8, 4) is 0 Å². The van der Waals surface area contributed by atoms with E-state index in [2.05, 4.69) is 62.5 Å². The minimum atomic E-state index is 0.275. The number of hydrogen-bond acceptors (Lipinski definition) is 2. The third kappa shape index (κ3) is 4.07. The number of benzene rings is 1. The van der Waals surface area contributed by atoms with Gasteiger partial charge in [0.15, 0.2) is 5.96 Å². The molecule has 0 aromatic heterocycles. The Bertz CT molecular complexity index is 565. The second-order valence-electron chi connectivity index (χ2n) is 6.80. The van der Waals surface area contributed by atoms with Gasteiger partial charge in [0.25, 0.3) is 0 Å². The molecule has 5 heteroatoms. The molecule has 1 heterocycles. The molecule has 126 valence electrons. The summed E-state index contributed by atoms with van der Waals surface area (Å²) in [6.45, 7) is 3.73. The Labute approximate surface area is 147 Å². The van der Waals surface area contributed by atoms with Crippen LogP contribution in [-0.2, 0) is 10.2 Å². The van der Waals surface area contributed by atoms with E-state index in [1.165, 1.54) is 18.4 Å². The third-order valence-electron chi connectivity index (χ3n) is 5.00. The Balaban J connectivity index is 1.57. The zero-order valence-corrected chi connectivity index (χ0v) is 15.6. The van der Waals surface area contributed by atoms with Gasteiger partial charge in [0, 0.05) is 49.6 Å². The number of nitrogens with zero attached hydrogens (tertiary/aromatic N) is 2. The molecule has 2 fully saturated rings. The molecule has 2 aliphatic rings. The predicted molar refractivity (Wildman–Crippen MR) is 98.0 cm³/mol. The number of aliphatic imine (C=N–C) groups is 1. The molecule has 1 saturated carbocycles. The molecule has 1 N–H and O–H groups in total.